The van der Waals surface area contributed by atoms with Crippen molar-refractivity contribution in [2.24, 2.45) is 5.92 Å². The van der Waals surface area contributed by atoms with E-state index in [4.69, 9.17) is 9.72 Å². The van der Waals surface area contributed by atoms with Crippen LogP contribution in [0.1, 0.15) is 55.2 Å². The van der Waals surface area contributed by atoms with Crippen molar-refractivity contribution >= 4 is 28.6 Å². The number of alkyl halides is 2. The summed E-state index contributed by atoms with van der Waals surface area (Å²) in [6.45, 7) is 3.11. The van der Waals surface area contributed by atoms with Gasteiger partial charge in [0.1, 0.15) is 18.2 Å². The van der Waals surface area contributed by atoms with Crippen molar-refractivity contribution in [3.63, 3.8) is 0 Å². The molecule has 5 heterocycles. The number of methoxy groups -OCH3 is 1. The molecule has 1 aliphatic carbocycles. The molecule has 45 heavy (non-hydrogen) atoms. The standard InChI is InChI=1S/C29H32F3N11O2/c1-15-8-24(41-40-15)37-27-21-12-35-43(14-23(31)32)28(21)39-26(38-27)17-4-6-20(22(9-17)45-3)29(44)36-16(2)18-5-7-25(33-10-18)42-13-19(30)11-34-42/h5,7-8,10-13,16-17,20,22-23H,4,6,9,14H2,1-3H3,(H,36,44)(H2,37,38,39,40,41)/t16-,17+,20-,22-/m0/s1. The van der Waals surface area contributed by atoms with E-state index in [1.165, 1.54) is 21.8 Å². The summed E-state index contributed by atoms with van der Waals surface area (Å²) in [5, 5.41) is 21.8. The van der Waals surface area contributed by atoms with Crippen molar-refractivity contribution in [2.75, 3.05) is 12.4 Å². The van der Waals surface area contributed by atoms with Crippen LogP contribution in [0.2, 0.25) is 0 Å². The minimum absolute atomic E-state index is 0.159. The van der Waals surface area contributed by atoms with E-state index < -0.39 is 30.8 Å². The fourth-order valence-corrected chi connectivity index (χ4v) is 5.66. The van der Waals surface area contributed by atoms with Gasteiger partial charge in [-0.25, -0.2) is 37.5 Å². The van der Waals surface area contributed by atoms with Gasteiger partial charge in [-0.3, -0.25) is 9.89 Å². The van der Waals surface area contributed by atoms with Crippen molar-refractivity contribution in [3.8, 4) is 5.82 Å². The molecule has 0 aromatic carbocycles. The molecule has 5 aromatic rings. The van der Waals surface area contributed by atoms with E-state index in [1.807, 2.05) is 13.8 Å². The summed E-state index contributed by atoms with van der Waals surface area (Å²) in [4.78, 5) is 27.2. The molecule has 5 aromatic heterocycles. The molecule has 0 saturated heterocycles. The molecule has 0 aliphatic heterocycles. The Morgan fingerprint density at radius 3 is 2.69 bits per heavy atom. The number of rotatable bonds is 10. The Bertz CT molecular complexity index is 1790. The van der Waals surface area contributed by atoms with E-state index in [0.717, 1.165) is 17.5 Å². The zero-order chi connectivity index (χ0) is 31.7. The summed E-state index contributed by atoms with van der Waals surface area (Å²) in [5.41, 5.74) is 1.90. The van der Waals surface area contributed by atoms with Crippen LogP contribution in [0, 0.1) is 18.7 Å². The lowest BCUT2D eigenvalue weighted by atomic mass is 9.78. The van der Waals surface area contributed by atoms with Gasteiger partial charge in [0.15, 0.2) is 23.1 Å². The molecule has 1 fully saturated rings. The van der Waals surface area contributed by atoms with Crippen LogP contribution in [0.3, 0.4) is 0 Å². The van der Waals surface area contributed by atoms with E-state index in [1.54, 1.807) is 31.5 Å². The van der Waals surface area contributed by atoms with Crippen molar-refractivity contribution in [1.82, 2.24) is 50.0 Å². The third-order valence-corrected chi connectivity index (χ3v) is 7.99. The van der Waals surface area contributed by atoms with E-state index in [0.29, 0.717) is 47.9 Å². The SMILES string of the molecule is CO[C@H]1C[C@H](c2nc(Nc3cc(C)[nH]n3)c3cnn(CC(F)F)c3n2)CC[C@@H]1C(=O)N[C@@H](C)c1ccc(-n2cc(F)cn2)nc1. The number of hydrogen-bond acceptors (Lipinski definition) is 9. The monoisotopic (exact) mass is 623 g/mol. The number of aromatic amines is 1. The number of aromatic nitrogens is 9. The van der Waals surface area contributed by atoms with Gasteiger partial charge < -0.3 is 15.4 Å². The van der Waals surface area contributed by atoms with Crippen molar-refractivity contribution in [2.45, 2.75) is 64.1 Å². The fourth-order valence-electron chi connectivity index (χ4n) is 5.66. The Morgan fingerprint density at radius 2 is 2.02 bits per heavy atom. The number of anilines is 2. The molecule has 0 bridgehead atoms. The molecule has 0 unspecified atom stereocenters. The Kier molecular flexibility index (Phi) is 8.47. The minimum Gasteiger partial charge on any atom is -0.381 e. The van der Waals surface area contributed by atoms with Gasteiger partial charge in [0, 0.05) is 31.0 Å². The first-order valence-corrected chi connectivity index (χ1v) is 14.5. The summed E-state index contributed by atoms with van der Waals surface area (Å²) in [6, 6.07) is 4.96. The van der Waals surface area contributed by atoms with Crippen LogP contribution < -0.4 is 10.6 Å². The number of ether oxygens (including phenoxy) is 1. The molecule has 4 atom stereocenters. The number of nitrogens with one attached hydrogen (secondary N) is 3. The molecule has 3 N–H and O–H groups in total. The van der Waals surface area contributed by atoms with Gasteiger partial charge in [-0.15, -0.1) is 0 Å². The zero-order valence-corrected chi connectivity index (χ0v) is 24.8. The van der Waals surface area contributed by atoms with Gasteiger partial charge >= 0.3 is 0 Å². The molecular weight excluding hydrogens is 591 g/mol. The first kappa shape index (κ1) is 30.2. The van der Waals surface area contributed by atoms with Crippen molar-refractivity contribution < 1.29 is 22.7 Å². The number of hydrogen-bond donors (Lipinski definition) is 3. The number of aryl methyl sites for hydroxylation is 1. The van der Waals surface area contributed by atoms with Crippen LogP contribution in [0.4, 0.5) is 24.8 Å². The number of halogens is 3. The Balaban J connectivity index is 1.18. The van der Waals surface area contributed by atoms with Crippen LogP contribution in [0.5, 0.6) is 0 Å². The molecular formula is C29H32F3N11O2. The highest BCUT2D eigenvalue weighted by molar-refractivity contribution is 5.88. The lowest BCUT2D eigenvalue weighted by molar-refractivity contribution is -0.132. The van der Waals surface area contributed by atoms with Gasteiger partial charge in [-0.05, 0) is 44.7 Å². The molecule has 13 nitrogen and oxygen atoms in total. The minimum atomic E-state index is -2.61. The second-order valence-corrected chi connectivity index (χ2v) is 11.1. The highest BCUT2D eigenvalue weighted by Crippen LogP contribution is 2.38. The largest absolute Gasteiger partial charge is 0.381 e. The lowest BCUT2D eigenvalue weighted by Gasteiger charge is -2.34. The molecule has 1 amide bonds. The summed E-state index contributed by atoms with van der Waals surface area (Å²) in [6.07, 6.45) is 3.91. The molecule has 236 valence electrons. The third-order valence-electron chi connectivity index (χ3n) is 7.99. The maximum Gasteiger partial charge on any atom is 0.258 e. The van der Waals surface area contributed by atoms with Gasteiger partial charge in [-0.2, -0.15) is 15.3 Å². The van der Waals surface area contributed by atoms with E-state index >= 15 is 0 Å². The third kappa shape index (κ3) is 6.50. The van der Waals surface area contributed by atoms with E-state index in [9.17, 15) is 18.0 Å². The van der Waals surface area contributed by atoms with Gasteiger partial charge in [-0.1, -0.05) is 6.07 Å². The predicted molar refractivity (Wildman–Crippen MR) is 157 cm³/mol. The number of fused-ring (bicyclic) bond motifs is 1. The highest BCUT2D eigenvalue weighted by atomic mass is 19.3. The molecule has 16 heteroatoms. The number of pyridine rings is 1. The van der Waals surface area contributed by atoms with Crippen molar-refractivity contribution in [1.29, 1.82) is 0 Å². The molecule has 0 spiro atoms. The zero-order valence-electron chi connectivity index (χ0n) is 24.8. The maximum absolute atomic E-state index is 13.4. The van der Waals surface area contributed by atoms with Gasteiger partial charge in [0.05, 0.1) is 42.0 Å². The number of nitrogens with zero attached hydrogens (tertiary/aromatic N) is 8. The van der Waals surface area contributed by atoms with Crippen molar-refractivity contribution in [3.05, 3.63) is 65.9 Å². The average Bonchev–Trinajstić information content (AvgIpc) is 3.76. The summed E-state index contributed by atoms with van der Waals surface area (Å²) in [5.74, 6) is 0.586. The number of carbonyl (C=O) groups excluding carboxylic acids is 1. The Labute approximate surface area is 255 Å². The van der Waals surface area contributed by atoms with Gasteiger partial charge in [0.25, 0.3) is 6.43 Å². The first-order valence-electron chi connectivity index (χ1n) is 14.5. The normalized spacial score (nSPS) is 19.2. The Morgan fingerprint density at radius 1 is 1.18 bits per heavy atom. The molecule has 0 radical (unpaired) electrons. The van der Waals surface area contributed by atoms with Crippen LogP contribution >= 0.6 is 0 Å². The fraction of sp³-hybridized carbons (Fsp3) is 0.414. The second-order valence-electron chi connectivity index (χ2n) is 11.1. The van der Waals surface area contributed by atoms with Crippen LogP contribution in [0.15, 0.2) is 43.0 Å². The molecule has 6 rings (SSSR count). The molecule has 1 aliphatic rings. The second kappa shape index (κ2) is 12.6. The summed E-state index contributed by atoms with van der Waals surface area (Å²) < 4.78 is 48.3. The van der Waals surface area contributed by atoms with E-state index in [-0.39, 0.29) is 23.5 Å². The van der Waals surface area contributed by atoms with Crippen LogP contribution in [0.25, 0.3) is 16.9 Å². The average molecular weight is 624 g/mol. The predicted octanol–water partition coefficient (Wildman–Crippen LogP) is 4.36. The maximum atomic E-state index is 13.4. The lowest BCUT2D eigenvalue weighted by Crippen LogP contribution is -2.42. The summed E-state index contributed by atoms with van der Waals surface area (Å²) in [7, 11) is 1.56. The van der Waals surface area contributed by atoms with Crippen LogP contribution in [-0.2, 0) is 16.1 Å². The highest BCUT2D eigenvalue weighted by Gasteiger charge is 2.38. The molecule has 1 saturated carbocycles. The van der Waals surface area contributed by atoms with Gasteiger partial charge in [0.2, 0.25) is 5.91 Å². The quantitative estimate of drug-likeness (QED) is 0.206. The summed E-state index contributed by atoms with van der Waals surface area (Å²) >= 11 is 0. The van der Waals surface area contributed by atoms with E-state index in [2.05, 4.69) is 41.0 Å². The topological polar surface area (TPSA) is 153 Å². The Hall–Kier alpha value is -4.86. The number of amides is 1. The first-order chi connectivity index (χ1) is 21.7. The number of carbonyl (C=O) groups is 1. The number of H-pyrrole nitrogens is 1. The van der Waals surface area contributed by atoms with Crippen LogP contribution in [-0.4, -0.2) is 70.3 Å². The smallest absolute Gasteiger partial charge is 0.258 e.